The van der Waals surface area contributed by atoms with Gasteiger partial charge in [-0.15, -0.1) is 0 Å². The van der Waals surface area contributed by atoms with Crippen LogP contribution in [0.3, 0.4) is 0 Å². The van der Waals surface area contributed by atoms with Crippen molar-refractivity contribution in [2.45, 2.75) is 44.2 Å². The lowest BCUT2D eigenvalue weighted by Gasteiger charge is -2.23. The monoisotopic (exact) mass is 244 g/mol. The van der Waals surface area contributed by atoms with E-state index in [0.29, 0.717) is 6.04 Å². The average molecular weight is 244 g/mol. The topological polar surface area (TPSA) is 27.8 Å². The van der Waals surface area contributed by atoms with Crippen molar-refractivity contribution in [3.8, 4) is 0 Å². The molecule has 1 unspecified atom stereocenters. The van der Waals surface area contributed by atoms with Crippen molar-refractivity contribution in [3.05, 3.63) is 35.3 Å². The molecule has 2 aromatic rings. The fraction of sp³-hybridized carbons (Fsp3) is 0.467. The summed E-state index contributed by atoms with van der Waals surface area (Å²) in [5.74, 6) is -0.159. The molecular formula is C15H17FN2. The van der Waals surface area contributed by atoms with Gasteiger partial charge in [-0.3, -0.25) is 0 Å². The summed E-state index contributed by atoms with van der Waals surface area (Å²) in [6.07, 6.45) is 6.02. The van der Waals surface area contributed by atoms with Gasteiger partial charge in [0.05, 0.1) is 0 Å². The average Bonchev–Trinajstić information content (AvgIpc) is 3.09. The summed E-state index contributed by atoms with van der Waals surface area (Å²) in [7, 11) is 0. The molecule has 4 rings (SSSR count). The van der Waals surface area contributed by atoms with Crippen LogP contribution >= 0.6 is 0 Å². The Balaban J connectivity index is 1.70. The first-order valence-corrected chi connectivity index (χ1v) is 6.84. The number of hydrogen-bond donors (Lipinski definition) is 2. The number of hydrogen-bond acceptors (Lipinski definition) is 1. The number of rotatable bonds is 2. The lowest BCUT2D eigenvalue weighted by Crippen LogP contribution is -2.35. The maximum atomic E-state index is 13.2. The van der Waals surface area contributed by atoms with E-state index in [1.807, 2.05) is 6.07 Å². The first-order chi connectivity index (χ1) is 8.79. The van der Waals surface area contributed by atoms with Crippen molar-refractivity contribution >= 4 is 10.9 Å². The highest BCUT2D eigenvalue weighted by atomic mass is 19.1. The summed E-state index contributed by atoms with van der Waals surface area (Å²) < 4.78 is 13.2. The van der Waals surface area contributed by atoms with Crippen molar-refractivity contribution in [2.75, 3.05) is 0 Å². The molecule has 0 amide bonds. The number of halogens is 1. The summed E-state index contributed by atoms with van der Waals surface area (Å²) >= 11 is 0. The molecule has 3 heteroatoms. The number of fused-ring (bicyclic) bond motifs is 3. The molecule has 1 aromatic carbocycles. The third-order valence-electron chi connectivity index (χ3n) is 4.20. The molecular weight excluding hydrogens is 227 g/mol. The van der Waals surface area contributed by atoms with Gasteiger partial charge >= 0.3 is 0 Å². The third kappa shape index (κ3) is 1.74. The molecule has 0 radical (unpaired) electrons. The summed E-state index contributed by atoms with van der Waals surface area (Å²) in [5, 5.41) is 4.91. The molecule has 18 heavy (non-hydrogen) atoms. The molecule has 2 aliphatic carbocycles. The van der Waals surface area contributed by atoms with Crippen LogP contribution in [0.4, 0.5) is 4.39 Å². The molecule has 94 valence electrons. The van der Waals surface area contributed by atoms with Crippen molar-refractivity contribution in [3.63, 3.8) is 0 Å². The molecule has 1 fully saturated rings. The predicted octanol–water partition coefficient (Wildman–Crippen LogP) is 2.92. The molecule has 1 atom stereocenters. The number of H-pyrrole nitrogens is 1. The number of aryl methyl sites for hydroxylation is 1. The van der Waals surface area contributed by atoms with Gasteiger partial charge in [-0.2, -0.15) is 0 Å². The van der Waals surface area contributed by atoms with Crippen molar-refractivity contribution < 1.29 is 4.39 Å². The highest BCUT2D eigenvalue weighted by Gasteiger charge is 2.28. The summed E-state index contributed by atoms with van der Waals surface area (Å²) in [4.78, 5) is 3.38. The van der Waals surface area contributed by atoms with E-state index in [9.17, 15) is 4.39 Å². The third-order valence-corrected chi connectivity index (χ3v) is 4.20. The predicted molar refractivity (Wildman–Crippen MR) is 70.2 cm³/mol. The standard InChI is InChI=1S/C15H17FN2/c16-9-1-5-12-13-8-11(17-10-2-3-10)4-6-14(13)18-15(12)7-9/h1,5,7,10-11,17-18H,2-4,6,8H2. The zero-order valence-corrected chi connectivity index (χ0v) is 10.3. The van der Waals surface area contributed by atoms with Crippen molar-refractivity contribution in [2.24, 2.45) is 0 Å². The second kappa shape index (κ2) is 3.82. The zero-order chi connectivity index (χ0) is 12.1. The Bertz CT molecular complexity index is 598. The molecule has 2 aliphatic rings. The van der Waals surface area contributed by atoms with Gasteiger partial charge < -0.3 is 10.3 Å². The molecule has 2 nitrogen and oxygen atoms in total. The minimum atomic E-state index is -0.159. The van der Waals surface area contributed by atoms with Crippen molar-refractivity contribution in [1.29, 1.82) is 0 Å². The molecule has 0 spiro atoms. The minimum Gasteiger partial charge on any atom is -0.358 e. The van der Waals surface area contributed by atoms with Crippen LogP contribution in [0.15, 0.2) is 18.2 Å². The normalized spacial score (nSPS) is 23.3. The van der Waals surface area contributed by atoms with E-state index in [1.165, 1.54) is 35.9 Å². The van der Waals surface area contributed by atoms with Crippen LogP contribution in [0.25, 0.3) is 10.9 Å². The molecule has 0 saturated heterocycles. The largest absolute Gasteiger partial charge is 0.358 e. The van der Waals surface area contributed by atoms with Crippen LogP contribution in [0.1, 0.15) is 30.5 Å². The number of aromatic amines is 1. The van der Waals surface area contributed by atoms with Crippen LogP contribution < -0.4 is 5.32 Å². The first-order valence-electron chi connectivity index (χ1n) is 6.84. The fourth-order valence-corrected chi connectivity index (χ4v) is 3.12. The van der Waals surface area contributed by atoms with Crippen LogP contribution in [0, 0.1) is 5.82 Å². The van der Waals surface area contributed by atoms with E-state index in [1.54, 1.807) is 12.1 Å². The van der Waals surface area contributed by atoms with Gasteiger partial charge in [-0.1, -0.05) is 0 Å². The Morgan fingerprint density at radius 2 is 2.06 bits per heavy atom. The van der Waals surface area contributed by atoms with Crippen LogP contribution in [-0.4, -0.2) is 17.1 Å². The summed E-state index contributed by atoms with van der Waals surface area (Å²) in [5.41, 5.74) is 3.66. The highest BCUT2D eigenvalue weighted by molar-refractivity contribution is 5.85. The molecule has 1 saturated carbocycles. The lowest BCUT2D eigenvalue weighted by atomic mass is 9.91. The second-order valence-electron chi connectivity index (χ2n) is 5.65. The van der Waals surface area contributed by atoms with Crippen LogP contribution in [-0.2, 0) is 12.8 Å². The molecule has 2 N–H and O–H groups in total. The van der Waals surface area contributed by atoms with E-state index in [-0.39, 0.29) is 5.82 Å². The first kappa shape index (κ1) is 10.6. The minimum absolute atomic E-state index is 0.159. The Morgan fingerprint density at radius 3 is 2.89 bits per heavy atom. The van der Waals surface area contributed by atoms with E-state index >= 15 is 0 Å². The SMILES string of the molecule is Fc1ccc2c3c([nH]c2c1)CCC(NC1CC1)C3. The number of benzene rings is 1. The number of aromatic nitrogens is 1. The summed E-state index contributed by atoms with van der Waals surface area (Å²) in [6, 6.07) is 6.46. The Kier molecular flexibility index (Phi) is 2.24. The zero-order valence-electron chi connectivity index (χ0n) is 10.3. The van der Waals surface area contributed by atoms with Gasteiger partial charge in [-0.05, 0) is 55.9 Å². The Labute approximate surface area is 106 Å². The Morgan fingerprint density at radius 1 is 1.17 bits per heavy atom. The van der Waals surface area contributed by atoms with Gasteiger partial charge in [0.15, 0.2) is 0 Å². The van der Waals surface area contributed by atoms with Crippen LogP contribution in [0.2, 0.25) is 0 Å². The fourth-order valence-electron chi connectivity index (χ4n) is 3.12. The van der Waals surface area contributed by atoms with E-state index in [4.69, 9.17) is 0 Å². The van der Waals surface area contributed by atoms with Gasteiger partial charge in [0.2, 0.25) is 0 Å². The molecule has 1 heterocycles. The molecule has 0 bridgehead atoms. The Hall–Kier alpha value is -1.35. The smallest absolute Gasteiger partial charge is 0.125 e. The van der Waals surface area contributed by atoms with E-state index in [0.717, 1.165) is 24.4 Å². The maximum absolute atomic E-state index is 13.2. The van der Waals surface area contributed by atoms with Gasteiger partial charge in [0.1, 0.15) is 5.82 Å². The maximum Gasteiger partial charge on any atom is 0.125 e. The van der Waals surface area contributed by atoms with E-state index in [2.05, 4.69) is 10.3 Å². The van der Waals surface area contributed by atoms with E-state index < -0.39 is 0 Å². The molecule has 0 aliphatic heterocycles. The van der Waals surface area contributed by atoms with Gasteiger partial charge in [-0.25, -0.2) is 4.39 Å². The highest BCUT2D eigenvalue weighted by Crippen LogP contribution is 2.31. The molecule has 1 aromatic heterocycles. The van der Waals surface area contributed by atoms with Crippen LogP contribution in [0.5, 0.6) is 0 Å². The number of nitrogens with one attached hydrogen (secondary N) is 2. The van der Waals surface area contributed by atoms with Gasteiger partial charge in [0.25, 0.3) is 0 Å². The van der Waals surface area contributed by atoms with Crippen molar-refractivity contribution in [1.82, 2.24) is 10.3 Å². The summed E-state index contributed by atoms with van der Waals surface area (Å²) in [6.45, 7) is 0. The quantitative estimate of drug-likeness (QED) is 0.835. The van der Waals surface area contributed by atoms with Gasteiger partial charge in [0, 0.05) is 28.7 Å². The lowest BCUT2D eigenvalue weighted by molar-refractivity contribution is 0.455. The second-order valence-corrected chi connectivity index (χ2v) is 5.65.